The molecular weight excluding hydrogens is 380 g/mol. The number of benzene rings is 2. The first kappa shape index (κ1) is 20.3. The SMILES string of the molecule is COc1ccccc1CN(C)C(=O)c1ccc(S(=O)(=O)N2CCOCC2)cc1. The van der Waals surface area contributed by atoms with Crippen molar-refractivity contribution in [2.24, 2.45) is 0 Å². The van der Waals surface area contributed by atoms with Gasteiger partial charge < -0.3 is 14.4 Å². The van der Waals surface area contributed by atoms with E-state index >= 15 is 0 Å². The maximum absolute atomic E-state index is 12.7. The number of para-hydroxylation sites is 1. The van der Waals surface area contributed by atoms with Gasteiger partial charge in [-0.15, -0.1) is 0 Å². The first-order chi connectivity index (χ1) is 13.4. The molecule has 1 heterocycles. The molecule has 1 aliphatic rings. The van der Waals surface area contributed by atoms with Crippen molar-refractivity contribution in [1.82, 2.24) is 9.21 Å². The smallest absolute Gasteiger partial charge is 0.253 e. The Labute approximate surface area is 165 Å². The van der Waals surface area contributed by atoms with Crippen molar-refractivity contribution in [2.75, 3.05) is 40.5 Å². The summed E-state index contributed by atoms with van der Waals surface area (Å²) in [5.41, 5.74) is 1.32. The largest absolute Gasteiger partial charge is 0.496 e. The van der Waals surface area contributed by atoms with Crippen molar-refractivity contribution in [2.45, 2.75) is 11.4 Å². The van der Waals surface area contributed by atoms with Crippen LogP contribution in [-0.2, 0) is 21.3 Å². The number of morpholine rings is 1. The van der Waals surface area contributed by atoms with E-state index in [4.69, 9.17) is 9.47 Å². The quantitative estimate of drug-likeness (QED) is 0.736. The number of hydrogen-bond donors (Lipinski definition) is 0. The number of methoxy groups -OCH3 is 1. The lowest BCUT2D eigenvalue weighted by molar-refractivity contribution is 0.0730. The van der Waals surface area contributed by atoms with E-state index in [-0.39, 0.29) is 10.8 Å². The second-order valence-electron chi connectivity index (χ2n) is 6.51. The van der Waals surface area contributed by atoms with Crippen LogP contribution in [-0.4, -0.2) is 64.0 Å². The van der Waals surface area contributed by atoms with Crippen LogP contribution in [0.5, 0.6) is 5.75 Å². The number of rotatable bonds is 6. The summed E-state index contributed by atoms with van der Waals surface area (Å²) in [5, 5.41) is 0. The third kappa shape index (κ3) is 4.35. The highest BCUT2D eigenvalue weighted by Crippen LogP contribution is 2.21. The maximum Gasteiger partial charge on any atom is 0.253 e. The predicted octanol–water partition coefficient (Wildman–Crippen LogP) is 1.99. The summed E-state index contributed by atoms with van der Waals surface area (Å²) in [6.07, 6.45) is 0. The molecule has 3 rings (SSSR count). The van der Waals surface area contributed by atoms with E-state index in [2.05, 4.69) is 0 Å². The molecule has 0 spiro atoms. The summed E-state index contributed by atoms with van der Waals surface area (Å²) in [5.74, 6) is 0.523. The third-order valence-corrected chi connectivity index (χ3v) is 6.57. The van der Waals surface area contributed by atoms with Crippen LogP contribution in [0.15, 0.2) is 53.4 Å². The number of amides is 1. The Morgan fingerprint density at radius 1 is 1.11 bits per heavy atom. The molecule has 2 aromatic carbocycles. The van der Waals surface area contributed by atoms with E-state index in [1.165, 1.54) is 16.4 Å². The summed E-state index contributed by atoms with van der Waals surface area (Å²) in [6, 6.07) is 13.6. The van der Waals surface area contributed by atoms with Gasteiger partial charge in [0.15, 0.2) is 0 Å². The summed E-state index contributed by atoms with van der Waals surface area (Å²) in [4.78, 5) is 14.5. The second kappa shape index (κ2) is 8.72. The minimum absolute atomic E-state index is 0.179. The monoisotopic (exact) mass is 404 g/mol. The Hall–Kier alpha value is -2.42. The van der Waals surface area contributed by atoms with Crippen LogP contribution >= 0.6 is 0 Å². The highest BCUT2D eigenvalue weighted by molar-refractivity contribution is 7.89. The highest BCUT2D eigenvalue weighted by Gasteiger charge is 2.26. The van der Waals surface area contributed by atoms with Gasteiger partial charge in [0.1, 0.15) is 5.75 Å². The van der Waals surface area contributed by atoms with Gasteiger partial charge in [0.2, 0.25) is 10.0 Å². The fraction of sp³-hybridized carbons (Fsp3) is 0.350. The minimum Gasteiger partial charge on any atom is -0.496 e. The molecule has 150 valence electrons. The van der Waals surface area contributed by atoms with E-state index in [0.29, 0.717) is 44.2 Å². The molecule has 0 unspecified atom stereocenters. The molecule has 1 aliphatic heterocycles. The molecule has 0 N–H and O–H groups in total. The standard InChI is InChI=1S/C20H24N2O5S/c1-21(15-17-5-3-4-6-19(17)26-2)20(23)16-7-9-18(10-8-16)28(24,25)22-11-13-27-14-12-22/h3-10H,11-15H2,1-2H3. The Morgan fingerprint density at radius 3 is 2.39 bits per heavy atom. The Balaban J connectivity index is 1.72. The normalized spacial score (nSPS) is 15.2. The first-order valence-corrected chi connectivity index (χ1v) is 10.4. The van der Waals surface area contributed by atoms with E-state index in [1.54, 1.807) is 31.2 Å². The summed E-state index contributed by atoms with van der Waals surface area (Å²) in [6.45, 7) is 1.85. The molecule has 0 radical (unpaired) electrons. The first-order valence-electron chi connectivity index (χ1n) is 8.99. The van der Waals surface area contributed by atoms with Gasteiger partial charge in [-0.05, 0) is 30.3 Å². The Morgan fingerprint density at radius 2 is 1.75 bits per heavy atom. The zero-order valence-corrected chi connectivity index (χ0v) is 16.8. The predicted molar refractivity (Wildman–Crippen MR) is 105 cm³/mol. The molecule has 8 heteroatoms. The molecule has 28 heavy (non-hydrogen) atoms. The second-order valence-corrected chi connectivity index (χ2v) is 8.45. The molecule has 0 atom stereocenters. The number of hydrogen-bond acceptors (Lipinski definition) is 5. The van der Waals surface area contributed by atoms with Crippen molar-refractivity contribution in [1.29, 1.82) is 0 Å². The van der Waals surface area contributed by atoms with Gasteiger partial charge in [-0.25, -0.2) is 8.42 Å². The Kier molecular flexibility index (Phi) is 6.33. The average molecular weight is 404 g/mol. The van der Waals surface area contributed by atoms with Crippen LogP contribution in [0.4, 0.5) is 0 Å². The number of carbonyl (C=O) groups is 1. The minimum atomic E-state index is -3.57. The molecule has 0 bridgehead atoms. The number of carbonyl (C=O) groups excluding carboxylic acids is 1. The van der Waals surface area contributed by atoms with Gasteiger partial charge >= 0.3 is 0 Å². The molecule has 0 saturated carbocycles. The zero-order valence-electron chi connectivity index (χ0n) is 16.0. The molecular formula is C20H24N2O5S. The van der Waals surface area contributed by atoms with Crippen LogP contribution in [0.25, 0.3) is 0 Å². The molecule has 1 fully saturated rings. The van der Waals surface area contributed by atoms with E-state index in [9.17, 15) is 13.2 Å². The van der Waals surface area contributed by atoms with Crippen LogP contribution in [0.2, 0.25) is 0 Å². The van der Waals surface area contributed by atoms with Crippen molar-refractivity contribution < 1.29 is 22.7 Å². The Bertz CT molecular complexity index is 922. The fourth-order valence-corrected chi connectivity index (χ4v) is 4.49. The molecule has 0 aliphatic carbocycles. The lowest BCUT2D eigenvalue weighted by Gasteiger charge is -2.26. The van der Waals surface area contributed by atoms with Crippen LogP contribution in [0, 0.1) is 0 Å². The summed E-state index contributed by atoms with van der Waals surface area (Å²) < 4.78 is 37.3. The zero-order chi connectivity index (χ0) is 20.1. The van der Waals surface area contributed by atoms with Gasteiger partial charge in [-0.1, -0.05) is 18.2 Å². The van der Waals surface area contributed by atoms with Gasteiger partial charge in [0.05, 0.1) is 25.2 Å². The van der Waals surface area contributed by atoms with Crippen molar-refractivity contribution >= 4 is 15.9 Å². The lowest BCUT2D eigenvalue weighted by Crippen LogP contribution is -2.40. The molecule has 1 amide bonds. The van der Waals surface area contributed by atoms with Crippen LogP contribution in [0.3, 0.4) is 0 Å². The van der Waals surface area contributed by atoms with Gasteiger partial charge in [0.25, 0.3) is 5.91 Å². The lowest BCUT2D eigenvalue weighted by atomic mass is 10.1. The van der Waals surface area contributed by atoms with E-state index in [0.717, 1.165) is 5.56 Å². The highest BCUT2D eigenvalue weighted by atomic mass is 32.2. The summed E-state index contributed by atoms with van der Waals surface area (Å²) in [7, 11) is -0.277. The van der Waals surface area contributed by atoms with Crippen LogP contribution in [0.1, 0.15) is 15.9 Å². The number of ether oxygens (including phenoxy) is 2. The van der Waals surface area contributed by atoms with Crippen molar-refractivity contribution in [3.05, 3.63) is 59.7 Å². The molecule has 0 aromatic heterocycles. The van der Waals surface area contributed by atoms with Gasteiger partial charge in [0, 0.05) is 37.8 Å². The van der Waals surface area contributed by atoms with Gasteiger partial charge in [-0.2, -0.15) is 4.31 Å². The van der Waals surface area contributed by atoms with Gasteiger partial charge in [-0.3, -0.25) is 4.79 Å². The molecule has 7 nitrogen and oxygen atoms in total. The fourth-order valence-electron chi connectivity index (χ4n) is 3.09. The average Bonchev–Trinajstić information content (AvgIpc) is 2.74. The third-order valence-electron chi connectivity index (χ3n) is 4.66. The van der Waals surface area contributed by atoms with Crippen molar-refractivity contribution in [3.63, 3.8) is 0 Å². The van der Waals surface area contributed by atoms with E-state index < -0.39 is 10.0 Å². The molecule has 1 saturated heterocycles. The van der Waals surface area contributed by atoms with Crippen molar-refractivity contribution in [3.8, 4) is 5.75 Å². The topological polar surface area (TPSA) is 76.2 Å². The molecule has 2 aromatic rings. The summed E-state index contributed by atoms with van der Waals surface area (Å²) >= 11 is 0. The van der Waals surface area contributed by atoms with E-state index in [1.807, 2.05) is 24.3 Å². The maximum atomic E-state index is 12.7. The number of sulfonamides is 1. The number of nitrogens with zero attached hydrogens (tertiary/aromatic N) is 2. The van der Waals surface area contributed by atoms with Crippen LogP contribution < -0.4 is 4.74 Å².